The molecule has 0 spiro atoms. The van der Waals surface area contributed by atoms with Crippen molar-refractivity contribution in [1.29, 1.82) is 0 Å². The summed E-state index contributed by atoms with van der Waals surface area (Å²) < 4.78 is 1.57. The van der Waals surface area contributed by atoms with Crippen molar-refractivity contribution in [1.82, 2.24) is 4.90 Å². The van der Waals surface area contributed by atoms with Crippen molar-refractivity contribution in [2.24, 2.45) is 0 Å². The fourth-order valence-electron chi connectivity index (χ4n) is 2.75. The molecular formula is C15H23NSe. The molecule has 0 aromatic heterocycles. The first-order chi connectivity index (χ1) is 8.31. The molecule has 94 valence electrons. The predicted octanol–water partition coefficient (Wildman–Crippen LogP) is 2.83. The molecule has 0 atom stereocenters. The number of nitrogens with zero attached hydrogens (tertiary/aromatic N) is 1. The molecule has 0 amide bonds. The summed E-state index contributed by atoms with van der Waals surface area (Å²) in [5, 5.41) is 0. The van der Waals surface area contributed by atoms with E-state index in [1.165, 1.54) is 32.1 Å². The van der Waals surface area contributed by atoms with Crippen molar-refractivity contribution in [3.63, 3.8) is 0 Å². The third kappa shape index (κ3) is 3.58. The summed E-state index contributed by atoms with van der Waals surface area (Å²) in [6, 6.07) is 9.77. The minimum absolute atomic E-state index is 0.615. The first-order valence-corrected chi connectivity index (χ1v) is 9.20. The number of rotatable bonds is 4. The second-order valence-electron chi connectivity index (χ2n) is 5.02. The molecule has 0 aliphatic heterocycles. The van der Waals surface area contributed by atoms with E-state index in [0.29, 0.717) is 15.0 Å². The van der Waals surface area contributed by atoms with E-state index in [-0.39, 0.29) is 0 Å². The number of hydrogen-bond acceptors (Lipinski definition) is 1. The molecule has 0 unspecified atom stereocenters. The van der Waals surface area contributed by atoms with E-state index in [0.717, 1.165) is 12.6 Å². The molecule has 0 saturated heterocycles. The van der Waals surface area contributed by atoms with Gasteiger partial charge < -0.3 is 0 Å². The maximum atomic E-state index is 2.57. The van der Waals surface area contributed by atoms with Crippen LogP contribution in [0.4, 0.5) is 0 Å². The quantitative estimate of drug-likeness (QED) is 0.772. The van der Waals surface area contributed by atoms with Crippen LogP contribution in [0.25, 0.3) is 0 Å². The molecule has 0 heterocycles. The molecule has 0 radical (unpaired) electrons. The van der Waals surface area contributed by atoms with Gasteiger partial charge in [0.25, 0.3) is 0 Å². The summed E-state index contributed by atoms with van der Waals surface area (Å²) in [4.78, 5) is 2.57. The number of benzene rings is 1. The molecule has 1 saturated carbocycles. The standard InChI is InChI=1S/C15H23NSe/c1-16(14-9-4-3-5-10-14)12-13-8-6-7-11-15(13)17-2/h6-8,11,14H,3-5,9-10,12H2,1-2H3. The van der Waals surface area contributed by atoms with Crippen molar-refractivity contribution in [3.8, 4) is 0 Å². The predicted molar refractivity (Wildman–Crippen MR) is 76.0 cm³/mol. The normalized spacial score (nSPS) is 17.6. The van der Waals surface area contributed by atoms with Crippen molar-refractivity contribution in [3.05, 3.63) is 29.8 Å². The Morgan fingerprint density at radius 1 is 1.18 bits per heavy atom. The van der Waals surface area contributed by atoms with E-state index in [1.807, 2.05) is 0 Å². The fraction of sp³-hybridized carbons (Fsp3) is 0.600. The van der Waals surface area contributed by atoms with Crippen LogP contribution < -0.4 is 4.46 Å². The summed E-state index contributed by atoms with van der Waals surface area (Å²) in [6.07, 6.45) is 7.09. The van der Waals surface area contributed by atoms with Gasteiger partial charge in [-0.3, -0.25) is 0 Å². The fourth-order valence-corrected chi connectivity index (χ4v) is 4.03. The van der Waals surface area contributed by atoms with Gasteiger partial charge in [0.1, 0.15) is 0 Å². The zero-order valence-electron chi connectivity index (χ0n) is 11.0. The van der Waals surface area contributed by atoms with E-state index in [4.69, 9.17) is 0 Å². The van der Waals surface area contributed by atoms with E-state index < -0.39 is 0 Å². The molecule has 1 aliphatic rings. The van der Waals surface area contributed by atoms with E-state index in [9.17, 15) is 0 Å². The van der Waals surface area contributed by atoms with Crippen LogP contribution in [0.5, 0.6) is 0 Å². The van der Waals surface area contributed by atoms with Crippen LogP contribution in [0.1, 0.15) is 37.7 Å². The third-order valence-electron chi connectivity index (χ3n) is 3.81. The van der Waals surface area contributed by atoms with Crippen LogP contribution in [0.2, 0.25) is 5.82 Å². The molecule has 2 rings (SSSR count). The SMILES string of the molecule is C[Se]c1ccccc1CN(C)C1CCCCC1. The molecule has 1 fully saturated rings. The second kappa shape index (κ2) is 6.58. The average Bonchev–Trinajstić information content (AvgIpc) is 2.40. The van der Waals surface area contributed by atoms with Gasteiger partial charge in [-0.2, -0.15) is 0 Å². The first kappa shape index (κ1) is 13.1. The van der Waals surface area contributed by atoms with Crippen molar-refractivity contribution in [2.75, 3.05) is 7.05 Å². The second-order valence-corrected chi connectivity index (χ2v) is 6.80. The van der Waals surface area contributed by atoms with Crippen molar-refractivity contribution < 1.29 is 0 Å². The summed E-state index contributed by atoms with van der Waals surface area (Å²) in [7, 11) is 2.30. The van der Waals surface area contributed by atoms with E-state index in [2.05, 4.69) is 42.0 Å². The van der Waals surface area contributed by atoms with Crippen LogP contribution >= 0.6 is 0 Å². The van der Waals surface area contributed by atoms with Crippen molar-refractivity contribution >= 4 is 19.4 Å². The van der Waals surface area contributed by atoms with Gasteiger partial charge in [-0.1, -0.05) is 0 Å². The van der Waals surface area contributed by atoms with Gasteiger partial charge in [-0.25, -0.2) is 0 Å². The third-order valence-corrected chi connectivity index (χ3v) is 5.57. The Balaban J connectivity index is 1.99. The van der Waals surface area contributed by atoms with Crippen molar-refractivity contribution in [2.45, 2.75) is 50.5 Å². The molecular weight excluding hydrogens is 273 g/mol. The molecule has 1 aromatic rings. The average molecular weight is 296 g/mol. The summed E-state index contributed by atoms with van der Waals surface area (Å²) >= 11 is 0.615. The molecule has 2 heteroatoms. The Labute approximate surface area is 112 Å². The zero-order valence-corrected chi connectivity index (χ0v) is 12.7. The minimum atomic E-state index is 0.615. The summed E-state index contributed by atoms with van der Waals surface area (Å²) in [5.74, 6) is 2.31. The van der Waals surface area contributed by atoms with Gasteiger partial charge in [0, 0.05) is 0 Å². The Morgan fingerprint density at radius 2 is 1.88 bits per heavy atom. The molecule has 0 bridgehead atoms. The Hall–Kier alpha value is -0.301. The Bertz CT molecular complexity index is 345. The monoisotopic (exact) mass is 297 g/mol. The van der Waals surface area contributed by atoms with Gasteiger partial charge in [0.2, 0.25) is 0 Å². The van der Waals surface area contributed by atoms with E-state index >= 15 is 0 Å². The Morgan fingerprint density at radius 3 is 2.59 bits per heavy atom. The van der Waals surface area contributed by atoms with Gasteiger partial charge in [-0.15, -0.1) is 0 Å². The van der Waals surface area contributed by atoms with Crippen LogP contribution in [0.3, 0.4) is 0 Å². The van der Waals surface area contributed by atoms with E-state index in [1.54, 1.807) is 10.0 Å². The zero-order chi connectivity index (χ0) is 12.1. The molecule has 1 nitrogen and oxygen atoms in total. The van der Waals surface area contributed by atoms with Gasteiger partial charge in [0.05, 0.1) is 0 Å². The maximum absolute atomic E-state index is 2.57. The van der Waals surface area contributed by atoms with Crippen LogP contribution in [-0.2, 0) is 6.54 Å². The topological polar surface area (TPSA) is 3.24 Å². The summed E-state index contributed by atoms with van der Waals surface area (Å²) in [5.41, 5.74) is 1.54. The van der Waals surface area contributed by atoms with Gasteiger partial charge in [0.15, 0.2) is 0 Å². The van der Waals surface area contributed by atoms with Gasteiger partial charge in [-0.05, 0) is 0 Å². The molecule has 0 N–H and O–H groups in total. The molecule has 1 aromatic carbocycles. The number of hydrogen-bond donors (Lipinski definition) is 0. The summed E-state index contributed by atoms with van der Waals surface area (Å²) in [6.45, 7) is 1.14. The molecule has 1 aliphatic carbocycles. The van der Waals surface area contributed by atoms with Gasteiger partial charge >= 0.3 is 112 Å². The first-order valence-electron chi connectivity index (χ1n) is 6.63. The van der Waals surface area contributed by atoms with Crippen LogP contribution in [-0.4, -0.2) is 32.9 Å². The molecule has 17 heavy (non-hydrogen) atoms. The van der Waals surface area contributed by atoms with Crippen LogP contribution in [0.15, 0.2) is 24.3 Å². The van der Waals surface area contributed by atoms with Crippen LogP contribution in [0, 0.1) is 0 Å². The Kier molecular flexibility index (Phi) is 5.09.